The molecule has 122 valence electrons. The van der Waals surface area contributed by atoms with Crippen LogP contribution in [-0.2, 0) is 19.1 Å². The van der Waals surface area contributed by atoms with Gasteiger partial charge in [0.05, 0.1) is 20.0 Å². The molecule has 6 nitrogen and oxygen atoms in total. The topological polar surface area (TPSA) is 86.5 Å². The van der Waals surface area contributed by atoms with Crippen LogP contribution < -0.4 is 5.73 Å². The molecule has 6 heteroatoms. The largest absolute Gasteiger partial charge is 0.459 e. The number of quaternary nitrogens is 1. The molecular formula is C15H29N2O4+. The van der Waals surface area contributed by atoms with Crippen LogP contribution >= 0.6 is 0 Å². The molecule has 0 aliphatic heterocycles. The summed E-state index contributed by atoms with van der Waals surface area (Å²) in [5, 5.41) is 0. The van der Waals surface area contributed by atoms with E-state index in [0.29, 0.717) is 30.4 Å². The molecule has 2 N–H and O–H groups in total. The molecule has 0 fully saturated rings. The molecule has 0 rings (SSSR count). The van der Waals surface area contributed by atoms with E-state index in [1.54, 1.807) is 13.8 Å². The first-order valence-corrected chi connectivity index (χ1v) is 7.36. The standard InChI is InChI=1S/C15H28N2O4/c1-6-13(14(16)19)9-11(2)15(20)21-8-7-17(4,5)10-12(3)18/h11,13H,6-10H2,1-5H3,(H-,16,19)/p+1. The van der Waals surface area contributed by atoms with Gasteiger partial charge in [-0.3, -0.25) is 14.4 Å². The SMILES string of the molecule is CCC(CC(C)C(=O)OCC[N+](C)(C)CC(C)=O)C(N)=O. The van der Waals surface area contributed by atoms with Crippen molar-refractivity contribution in [2.75, 3.05) is 33.8 Å². The predicted octanol–water partition coefficient (Wildman–Crippen LogP) is 0.733. The second kappa shape index (κ2) is 8.77. The molecule has 0 aromatic heterocycles. The summed E-state index contributed by atoms with van der Waals surface area (Å²) in [6.45, 7) is 6.40. The lowest BCUT2D eigenvalue weighted by atomic mass is 9.93. The van der Waals surface area contributed by atoms with Gasteiger partial charge in [-0.1, -0.05) is 13.8 Å². The zero-order chi connectivity index (χ0) is 16.6. The van der Waals surface area contributed by atoms with Gasteiger partial charge < -0.3 is 15.0 Å². The summed E-state index contributed by atoms with van der Waals surface area (Å²) in [5.74, 6) is -1.25. The molecule has 0 saturated heterocycles. The molecule has 0 aliphatic rings. The maximum absolute atomic E-state index is 11.9. The number of ether oxygens (including phenoxy) is 1. The Kier molecular flexibility index (Phi) is 8.17. The van der Waals surface area contributed by atoms with Crippen LogP contribution in [0.2, 0.25) is 0 Å². The van der Waals surface area contributed by atoms with Gasteiger partial charge in [0.15, 0.2) is 5.78 Å². The molecule has 1 amide bonds. The lowest BCUT2D eigenvalue weighted by Gasteiger charge is -2.28. The molecule has 0 heterocycles. The summed E-state index contributed by atoms with van der Waals surface area (Å²) >= 11 is 0. The molecule has 0 bridgehead atoms. The van der Waals surface area contributed by atoms with E-state index in [-0.39, 0.29) is 36.1 Å². The Morgan fingerprint density at radius 2 is 1.81 bits per heavy atom. The number of amides is 1. The maximum Gasteiger partial charge on any atom is 0.308 e. The molecule has 21 heavy (non-hydrogen) atoms. The predicted molar refractivity (Wildman–Crippen MR) is 80.2 cm³/mol. The van der Waals surface area contributed by atoms with Crippen molar-refractivity contribution in [3.05, 3.63) is 0 Å². The first-order chi connectivity index (χ1) is 9.59. The summed E-state index contributed by atoms with van der Waals surface area (Å²) in [4.78, 5) is 34.2. The zero-order valence-electron chi connectivity index (χ0n) is 13.8. The Bertz CT molecular complexity index is 380. The van der Waals surface area contributed by atoms with E-state index >= 15 is 0 Å². The van der Waals surface area contributed by atoms with Crippen LogP contribution in [0, 0.1) is 11.8 Å². The van der Waals surface area contributed by atoms with Gasteiger partial charge in [0, 0.05) is 12.8 Å². The fourth-order valence-electron chi connectivity index (χ4n) is 2.22. The first kappa shape index (κ1) is 19.6. The number of hydrogen-bond donors (Lipinski definition) is 1. The van der Waals surface area contributed by atoms with E-state index in [2.05, 4.69) is 0 Å². The monoisotopic (exact) mass is 301 g/mol. The Hall–Kier alpha value is -1.43. The van der Waals surface area contributed by atoms with Gasteiger partial charge >= 0.3 is 5.97 Å². The smallest absolute Gasteiger partial charge is 0.308 e. The molecule has 0 aromatic rings. The lowest BCUT2D eigenvalue weighted by Crippen LogP contribution is -2.45. The summed E-state index contributed by atoms with van der Waals surface area (Å²) in [6, 6.07) is 0. The molecule has 2 atom stereocenters. The number of carbonyl (C=O) groups excluding carboxylic acids is 3. The van der Waals surface area contributed by atoms with Crippen LogP contribution in [0.15, 0.2) is 0 Å². The van der Waals surface area contributed by atoms with Gasteiger partial charge in [-0.05, 0) is 12.8 Å². The van der Waals surface area contributed by atoms with Gasteiger partial charge in [0.1, 0.15) is 19.7 Å². The van der Waals surface area contributed by atoms with Crippen molar-refractivity contribution in [3.63, 3.8) is 0 Å². The highest BCUT2D eigenvalue weighted by atomic mass is 16.5. The Morgan fingerprint density at radius 1 is 1.24 bits per heavy atom. The highest BCUT2D eigenvalue weighted by Gasteiger charge is 2.24. The van der Waals surface area contributed by atoms with E-state index in [4.69, 9.17) is 10.5 Å². The minimum Gasteiger partial charge on any atom is -0.459 e. The van der Waals surface area contributed by atoms with E-state index in [9.17, 15) is 14.4 Å². The molecule has 0 aliphatic carbocycles. The summed E-state index contributed by atoms with van der Waals surface area (Å²) in [5.41, 5.74) is 5.27. The number of Topliss-reactive ketones (excluding diaryl/α,β-unsaturated/α-hetero) is 1. The van der Waals surface area contributed by atoms with Gasteiger partial charge in [-0.15, -0.1) is 0 Å². The van der Waals surface area contributed by atoms with Crippen molar-refractivity contribution >= 4 is 17.7 Å². The zero-order valence-corrected chi connectivity index (χ0v) is 13.8. The van der Waals surface area contributed by atoms with Crippen LogP contribution in [0.25, 0.3) is 0 Å². The van der Waals surface area contributed by atoms with E-state index in [1.807, 2.05) is 21.0 Å². The number of ketones is 1. The number of nitrogens with two attached hydrogens (primary N) is 1. The maximum atomic E-state index is 11.9. The Labute approximate surface area is 127 Å². The van der Waals surface area contributed by atoms with Crippen molar-refractivity contribution in [1.82, 2.24) is 0 Å². The van der Waals surface area contributed by atoms with Gasteiger partial charge in [-0.25, -0.2) is 0 Å². The van der Waals surface area contributed by atoms with Crippen molar-refractivity contribution in [2.24, 2.45) is 17.6 Å². The van der Waals surface area contributed by atoms with E-state index in [1.165, 1.54) is 0 Å². The Morgan fingerprint density at radius 3 is 2.24 bits per heavy atom. The number of rotatable bonds is 10. The van der Waals surface area contributed by atoms with Crippen LogP contribution in [0.3, 0.4) is 0 Å². The number of likely N-dealkylation sites (N-methyl/N-ethyl adjacent to an activating group) is 1. The van der Waals surface area contributed by atoms with Gasteiger partial charge in [0.2, 0.25) is 5.91 Å². The number of nitrogens with zero attached hydrogens (tertiary/aromatic N) is 1. The fraction of sp³-hybridized carbons (Fsp3) is 0.800. The number of primary amides is 1. The van der Waals surface area contributed by atoms with Crippen molar-refractivity contribution in [3.8, 4) is 0 Å². The molecule has 2 unspecified atom stereocenters. The third-order valence-electron chi connectivity index (χ3n) is 3.53. The molecule has 0 aromatic carbocycles. The molecule has 0 saturated carbocycles. The van der Waals surface area contributed by atoms with Crippen LogP contribution in [0.4, 0.5) is 0 Å². The number of carbonyl (C=O) groups is 3. The second-order valence-electron chi connectivity index (χ2n) is 6.33. The average Bonchev–Trinajstić information content (AvgIpc) is 2.32. The highest BCUT2D eigenvalue weighted by Crippen LogP contribution is 2.16. The summed E-state index contributed by atoms with van der Waals surface area (Å²) < 4.78 is 5.71. The van der Waals surface area contributed by atoms with Crippen LogP contribution in [0.1, 0.15) is 33.6 Å². The van der Waals surface area contributed by atoms with Crippen molar-refractivity contribution in [1.29, 1.82) is 0 Å². The first-order valence-electron chi connectivity index (χ1n) is 7.36. The van der Waals surface area contributed by atoms with Gasteiger partial charge in [-0.2, -0.15) is 0 Å². The molecular weight excluding hydrogens is 272 g/mol. The highest BCUT2D eigenvalue weighted by molar-refractivity contribution is 5.78. The second-order valence-corrected chi connectivity index (χ2v) is 6.33. The quantitative estimate of drug-likeness (QED) is 0.476. The summed E-state index contributed by atoms with van der Waals surface area (Å²) in [7, 11) is 3.83. The number of hydrogen-bond acceptors (Lipinski definition) is 4. The van der Waals surface area contributed by atoms with Crippen molar-refractivity contribution < 1.29 is 23.6 Å². The summed E-state index contributed by atoms with van der Waals surface area (Å²) in [6.07, 6.45) is 1.03. The molecule has 0 spiro atoms. The minimum atomic E-state index is -0.378. The lowest BCUT2D eigenvalue weighted by molar-refractivity contribution is -0.882. The minimum absolute atomic E-state index is 0.104. The van der Waals surface area contributed by atoms with Gasteiger partial charge in [0.25, 0.3) is 0 Å². The van der Waals surface area contributed by atoms with E-state index < -0.39 is 0 Å². The molecule has 0 radical (unpaired) electrons. The van der Waals surface area contributed by atoms with Crippen LogP contribution in [-0.4, -0.2) is 55.9 Å². The van der Waals surface area contributed by atoms with Crippen LogP contribution in [0.5, 0.6) is 0 Å². The van der Waals surface area contributed by atoms with Crippen molar-refractivity contribution in [2.45, 2.75) is 33.6 Å². The Balaban J connectivity index is 4.19. The third-order valence-corrected chi connectivity index (χ3v) is 3.53. The average molecular weight is 301 g/mol. The normalized spacial score (nSPS) is 14.3. The number of esters is 1. The fourth-order valence-corrected chi connectivity index (χ4v) is 2.22. The third kappa shape index (κ3) is 8.45. The van der Waals surface area contributed by atoms with E-state index in [0.717, 1.165) is 0 Å².